The molecule has 70 valence electrons. The fourth-order valence-corrected chi connectivity index (χ4v) is 1.31. The third-order valence-corrected chi connectivity index (χ3v) is 2.20. The minimum atomic E-state index is -0.0730. The molecule has 0 fully saturated rings. The van der Waals surface area contributed by atoms with Gasteiger partial charge in [0.2, 0.25) is 0 Å². The van der Waals surface area contributed by atoms with Crippen molar-refractivity contribution in [2.75, 3.05) is 0 Å². The second-order valence-corrected chi connectivity index (χ2v) is 4.03. The van der Waals surface area contributed by atoms with E-state index in [1.165, 1.54) is 0 Å². The Morgan fingerprint density at radius 3 is 2.46 bits per heavy atom. The first kappa shape index (κ1) is 10.4. The van der Waals surface area contributed by atoms with Gasteiger partial charge in [-0.05, 0) is 19.1 Å². The Bertz CT molecular complexity index is 292. The summed E-state index contributed by atoms with van der Waals surface area (Å²) in [5.41, 5.74) is 6.25. The Labute approximate surface area is 86.3 Å². The first-order valence-corrected chi connectivity index (χ1v) is 4.93. The third kappa shape index (κ3) is 3.28. The molecule has 1 aromatic carbocycles. The molecule has 1 unspecified atom stereocenters. The molecule has 0 saturated carbocycles. The Hall–Kier alpha value is -0.670. The van der Waals surface area contributed by atoms with Gasteiger partial charge in [0.05, 0.1) is 0 Å². The van der Waals surface area contributed by atoms with E-state index in [1.807, 2.05) is 19.1 Å². The van der Waals surface area contributed by atoms with Crippen molar-refractivity contribution >= 4 is 21.7 Å². The number of carbonyl (C=O) groups excluding carboxylic acids is 1. The molecule has 0 aromatic heterocycles. The maximum Gasteiger partial charge on any atom is 0.164 e. The number of rotatable bonds is 3. The summed E-state index contributed by atoms with van der Waals surface area (Å²) in [5.74, 6) is 0.0995. The molecule has 0 heterocycles. The van der Waals surface area contributed by atoms with Crippen LogP contribution in [0.3, 0.4) is 0 Å². The highest BCUT2D eigenvalue weighted by atomic mass is 79.9. The van der Waals surface area contributed by atoms with E-state index in [0.717, 1.165) is 10.0 Å². The quantitative estimate of drug-likeness (QED) is 0.827. The van der Waals surface area contributed by atoms with Crippen LogP contribution in [-0.2, 0) is 0 Å². The number of ketones is 1. The molecular weight excluding hydrogens is 230 g/mol. The van der Waals surface area contributed by atoms with Gasteiger partial charge in [0.15, 0.2) is 5.78 Å². The lowest BCUT2D eigenvalue weighted by Gasteiger charge is -2.03. The second kappa shape index (κ2) is 4.53. The van der Waals surface area contributed by atoms with Crippen LogP contribution >= 0.6 is 15.9 Å². The number of nitrogens with two attached hydrogens (primary N) is 1. The molecule has 0 spiro atoms. The Kier molecular flexibility index (Phi) is 3.63. The average molecular weight is 242 g/mol. The minimum absolute atomic E-state index is 0.0730. The van der Waals surface area contributed by atoms with Crippen molar-refractivity contribution < 1.29 is 4.79 Å². The van der Waals surface area contributed by atoms with Gasteiger partial charge < -0.3 is 5.73 Å². The predicted octanol–water partition coefficient (Wildman–Crippen LogP) is 2.37. The molecule has 0 saturated heterocycles. The molecule has 1 atom stereocenters. The van der Waals surface area contributed by atoms with Gasteiger partial charge in [0, 0.05) is 22.5 Å². The number of hydrogen-bond acceptors (Lipinski definition) is 2. The monoisotopic (exact) mass is 241 g/mol. The lowest BCUT2D eigenvalue weighted by atomic mass is 10.1. The lowest BCUT2D eigenvalue weighted by Crippen LogP contribution is -2.19. The maximum atomic E-state index is 11.5. The Morgan fingerprint density at radius 1 is 1.46 bits per heavy atom. The van der Waals surface area contributed by atoms with E-state index in [1.54, 1.807) is 12.1 Å². The molecule has 13 heavy (non-hydrogen) atoms. The number of carbonyl (C=O) groups is 1. The summed E-state index contributed by atoms with van der Waals surface area (Å²) >= 11 is 3.31. The zero-order chi connectivity index (χ0) is 9.84. The molecular formula is C10H12BrNO. The fourth-order valence-electron chi connectivity index (χ4n) is 1.05. The molecule has 1 aromatic rings. The van der Waals surface area contributed by atoms with E-state index in [-0.39, 0.29) is 11.8 Å². The van der Waals surface area contributed by atoms with E-state index < -0.39 is 0 Å². The summed E-state index contributed by atoms with van der Waals surface area (Å²) in [7, 11) is 0. The second-order valence-electron chi connectivity index (χ2n) is 3.11. The van der Waals surface area contributed by atoms with Gasteiger partial charge in [0.1, 0.15) is 0 Å². The van der Waals surface area contributed by atoms with E-state index in [0.29, 0.717) is 6.42 Å². The molecule has 2 nitrogen and oxygen atoms in total. The van der Waals surface area contributed by atoms with Crippen LogP contribution in [0, 0.1) is 0 Å². The van der Waals surface area contributed by atoms with Gasteiger partial charge in [-0.2, -0.15) is 0 Å². The Balaban J connectivity index is 2.72. The summed E-state index contributed by atoms with van der Waals surface area (Å²) in [4.78, 5) is 11.5. The fraction of sp³-hybridized carbons (Fsp3) is 0.300. The van der Waals surface area contributed by atoms with Gasteiger partial charge in [0.25, 0.3) is 0 Å². The molecule has 0 aliphatic heterocycles. The van der Waals surface area contributed by atoms with Crippen LogP contribution in [0.4, 0.5) is 0 Å². The minimum Gasteiger partial charge on any atom is -0.328 e. The van der Waals surface area contributed by atoms with Crippen molar-refractivity contribution in [3.05, 3.63) is 34.3 Å². The third-order valence-electron chi connectivity index (χ3n) is 1.67. The summed E-state index contributed by atoms with van der Waals surface area (Å²) < 4.78 is 0.977. The van der Waals surface area contributed by atoms with E-state index in [2.05, 4.69) is 15.9 Å². The van der Waals surface area contributed by atoms with Crippen LogP contribution in [0.2, 0.25) is 0 Å². The SMILES string of the molecule is CC(N)CC(=O)c1ccc(Br)cc1. The van der Waals surface area contributed by atoms with E-state index in [4.69, 9.17) is 5.73 Å². The lowest BCUT2D eigenvalue weighted by molar-refractivity contribution is 0.0976. The Morgan fingerprint density at radius 2 is 2.00 bits per heavy atom. The summed E-state index contributed by atoms with van der Waals surface area (Å²) in [6.45, 7) is 1.83. The summed E-state index contributed by atoms with van der Waals surface area (Å²) in [6.07, 6.45) is 0.404. The number of halogens is 1. The smallest absolute Gasteiger partial charge is 0.164 e. The highest BCUT2D eigenvalue weighted by Gasteiger charge is 2.07. The van der Waals surface area contributed by atoms with Crippen molar-refractivity contribution in [3.63, 3.8) is 0 Å². The van der Waals surface area contributed by atoms with Gasteiger partial charge in [-0.25, -0.2) is 0 Å². The van der Waals surface area contributed by atoms with E-state index >= 15 is 0 Å². The molecule has 0 aliphatic carbocycles. The zero-order valence-electron chi connectivity index (χ0n) is 7.46. The molecule has 2 N–H and O–H groups in total. The van der Waals surface area contributed by atoms with Crippen molar-refractivity contribution in [2.45, 2.75) is 19.4 Å². The summed E-state index contributed by atoms with van der Waals surface area (Å²) in [5, 5.41) is 0. The van der Waals surface area contributed by atoms with Crippen molar-refractivity contribution in [2.24, 2.45) is 5.73 Å². The first-order valence-electron chi connectivity index (χ1n) is 4.14. The molecule has 0 radical (unpaired) electrons. The van der Waals surface area contributed by atoms with Crippen molar-refractivity contribution in [1.29, 1.82) is 0 Å². The van der Waals surface area contributed by atoms with Crippen LogP contribution in [0.15, 0.2) is 28.7 Å². The van der Waals surface area contributed by atoms with Gasteiger partial charge in [-0.15, -0.1) is 0 Å². The predicted molar refractivity (Wildman–Crippen MR) is 56.7 cm³/mol. The van der Waals surface area contributed by atoms with Gasteiger partial charge in [-0.3, -0.25) is 4.79 Å². The van der Waals surface area contributed by atoms with Crippen LogP contribution in [-0.4, -0.2) is 11.8 Å². The number of Topliss-reactive ketones (excluding diaryl/α,β-unsaturated/α-hetero) is 1. The van der Waals surface area contributed by atoms with E-state index in [9.17, 15) is 4.79 Å². The highest BCUT2D eigenvalue weighted by molar-refractivity contribution is 9.10. The zero-order valence-corrected chi connectivity index (χ0v) is 9.04. The number of hydrogen-bond donors (Lipinski definition) is 1. The first-order chi connectivity index (χ1) is 6.09. The number of benzene rings is 1. The topological polar surface area (TPSA) is 43.1 Å². The van der Waals surface area contributed by atoms with Gasteiger partial charge in [-0.1, -0.05) is 28.1 Å². The maximum absolute atomic E-state index is 11.5. The van der Waals surface area contributed by atoms with Crippen LogP contribution in [0.1, 0.15) is 23.7 Å². The summed E-state index contributed by atoms with van der Waals surface area (Å²) in [6, 6.07) is 7.24. The molecule has 1 rings (SSSR count). The normalized spacial score (nSPS) is 12.5. The van der Waals surface area contributed by atoms with Crippen LogP contribution < -0.4 is 5.73 Å². The molecule has 0 aliphatic rings. The molecule has 0 amide bonds. The largest absolute Gasteiger partial charge is 0.328 e. The average Bonchev–Trinajstić information content (AvgIpc) is 2.04. The molecule has 0 bridgehead atoms. The highest BCUT2D eigenvalue weighted by Crippen LogP contribution is 2.12. The van der Waals surface area contributed by atoms with Crippen LogP contribution in [0.5, 0.6) is 0 Å². The standard InChI is InChI=1S/C10H12BrNO/c1-7(12)6-10(13)8-2-4-9(11)5-3-8/h2-5,7H,6,12H2,1H3. The van der Waals surface area contributed by atoms with Gasteiger partial charge >= 0.3 is 0 Å². The van der Waals surface area contributed by atoms with Crippen molar-refractivity contribution in [3.8, 4) is 0 Å². The molecule has 3 heteroatoms. The van der Waals surface area contributed by atoms with Crippen LogP contribution in [0.25, 0.3) is 0 Å². The van der Waals surface area contributed by atoms with Crippen molar-refractivity contribution in [1.82, 2.24) is 0 Å².